The molecule has 0 saturated carbocycles. The third kappa shape index (κ3) is 6.21. The number of fused-ring (bicyclic) bond motifs is 1. The lowest BCUT2D eigenvalue weighted by atomic mass is 10.1. The number of hydrogen-bond donors (Lipinski definition) is 2. The minimum atomic E-state index is -3.93. The predicted octanol–water partition coefficient (Wildman–Crippen LogP) is 4.39. The molecule has 3 heterocycles. The summed E-state index contributed by atoms with van der Waals surface area (Å²) in [4.78, 5) is 29.4. The van der Waals surface area contributed by atoms with E-state index in [1.807, 2.05) is 12.1 Å². The number of nitrogen functional groups attached to an aromatic ring is 1. The predicted molar refractivity (Wildman–Crippen MR) is 139 cm³/mol. The summed E-state index contributed by atoms with van der Waals surface area (Å²) in [7, 11) is -3.93. The Bertz CT molecular complexity index is 1420. The van der Waals surface area contributed by atoms with Gasteiger partial charge in [0.05, 0.1) is 14.4 Å². The van der Waals surface area contributed by atoms with Crippen molar-refractivity contribution in [2.75, 3.05) is 11.5 Å². The number of ether oxygens (including phenoxy) is 1. The van der Waals surface area contributed by atoms with Crippen molar-refractivity contribution < 1.29 is 22.7 Å². The van der Waals surface area contributed by atoms with E-state index in [4.69, 9.17) is 22.1 Å². The largest absolute Gasteiger partial charge is 0.487 e. The van der Waals surface area contributed by atoms with Crippen LogP contribution in [0.4, 0.5) is 5.82 Å². The van der Waals surface area contributed by atoms with Crippen molar-refractivity contribution in [1.29, 1.82) is 0 Å². The summed E-state index contributed by atoms with van der Waals surface area (Å²) in [5.41, 5.74) is 8.00. The van der Waals surface area contributed by atoms with Gasteiger partial charge in [-0.1, -0.05) is 11.6 Å². The highest BCUT2D eigenvalue weighted by Gasteiger charge is 2.31. The second-order valence-electron chi connectivity index (χ2n) is 8.13. The fourth-order valence-corrected chi connectivity index (χ4v) is 6.47. The zero-order chi connectivity index (χ0) is 25.3. The van der Waals surface area contributed by atoms with Gasteiger partial charge in [0.15, 0.2) is 5.78 Å². The molecule has 1 amide bonds. The van der Waals surface area contributed by atoms with E-state index >= 15 is 0 Å². The maximum absolute atomic E-state index is 12.6. The van der Waals surface area contributed by atoms with Crippen molar-refractivity contribution in [3.05, 3.63) is 62.0 Å². The number of sulfonamides is 1. The van der Waals surface area contributed by atoms with Crippen molar-refractivity contribution in [3.8, 4) is 16.2 Å². The molecule has 3 aromatic rings. The normalized spacial score (nSPS) is 14.9. The van der Waals surface area contributed by atoms with Gasteiger partial charge in [0.1, 0.15) is 23.4 Å². The number of carbonyl (C=O) groups is 2. The van der Waals surface area contributed by atoms with Gasteiger partial charge in [-0.15, -0.1) is 11.3 Å². The van der Waals surface area contributed by atoms with Crippen LogP contribution in [0.3, 0.4) is 0 Å². The van der Waals surface area contributed by atoms with E-state index in [1.165, 1.54) is 18.3 Å². The molecule has 1 aromatic carbocycles. The number of benzene rings is 1. The molecular weight excluding hydrogens is 578 g/mol. The molecule has 0 radical (unpaired) electrons. The fourth-order valence-electron chi connectivity index (χ4n) is 3.70. The number of rotatable bonds is 8. The first-order valence-corrected chi connectivity index (χ1v) is 14.2. The molecule has 3 N–H and O–H groups in total. The van der Waals surface area contributed by atoms with Gasteiger partial charge in [-0.3, -0.25) is 14.3 Å². The lowest BCUT2D eigenvalue weighted by Gasteiger charge is -2.12. The fraction of sp³-hybridized carbons (Fsp3) is 0.261. The maximum Gasteiger partial charge on any atom is 0.238 e. The van der Waals surface area contributed by atoms with Gasteiger partial charge in [0.25, 0.3) is 0 Å². The standard InChI is InChI=1S/C23H21BrClN3O5S2/c1-12(29)19-3-4-20(34-19)14-7-15-8-16(33-22(15)18(25)9-14)11-35(31,32)28-21(30)5-2-13-6-17(24)23(26)27-10-13/h3-4,6-7,9-10,16H,2,5,8,11H2,1H3,(H2,26,27)(H,28,30). The molecule has 4 rings (SSSR count). The number of carbonyl (C=O) groups excluding carboxylic acids is 2. The summed E-state index contributed by atoms with van der Waals surface area (Å²) in [6.45, 7) is 1.51. The Kier molecular flexibility index (Phi) is 7.51. The number of nitrogens with zero attached hydrogens (tertiary/aromatic N) is 1. The van der Waals surface area contributed by atoms with Crippen LogP contribution in [0.1, 0.15) is 34.1 Å². The third-order valence-corrected chi connectivity index (χ3v) is 8.83. The van der Waals surface area contributed by atoms with Crippen LogP contribution in [0.25, 0.3) is 10.4 Å². The highest BCUT2D eigenvalue weighted by atomic mass is 79.9. The number of thiophene rings is 1. The molecule has 184 valence electrons. The number of amides is 1. The Morgan fingerprint density at radius 3 is 2.77 bits per heavy atom. The topological polar surface area (TPSA) is 128 Å². The Hall–Kier alpha value is -2.47. The number of ketones is 1. The SMILES string of the molecule is CC(=O)c1ccc(-c2cc(Cl)c3c(c2)CC(CS(=O)(=O)NC(=O)CCc2cnc(N)c(Br)c2)O3)s1. The summed E-state index contributed by atoms with van der Waals surface area (Å²) >= 11 is 11.0. The summed E-state index contributed by atoms with van der Waals surface area (Å²) in [6.07, 6.45) is 1.47. The number of nitrogens with two attached hydrogens (primary N) is 1. The summed E-state index contributed by atoms with van der Waals surface area (Å²) in [5.74, 6) is -0.245. The Labute approximate surface area is 220 Å². The smallest absolute Gasteiger partial charge is 0.238 e. The van der Waals surface area contributed by atoms with Crippen molar-refractivity contribution >= 4 is 66.4 Å². The lowest BCUT2D eigenvalue weighted by Crippen LogP contribution is -2.37. The van der Waals surface area contributed by atoms with Gasteiger partial charge < -0.3 is 10.5 Å². The molecule has 0 bridgehead atoms. The van der Waals surface area contributed by atoms with Crippen LogP contribution in [0, 0.1) is 0 Å². The average molecular weight is 599 g/mol. The van der Waals surface area contributed by atoms with Crippen LogP contribution in [0.5, 0.6) is 5.75 Å². The van der Waals surface area contributed by atoms with Gasteiger partial charge in [-0.05, 0) is 70.7 Å². The molecule has 35 heavy (non-hydrogen) atoms. The van der Waals surface area contributed by atoms with E-state index in [0.29, 0.717) is 38.8 Å². The molecular formula is C23H21BrClN3O5S2. The van der Waals surface area contributed by atoms with Crippen molar-refractivity contribution in [2.24, 2.45) is 0 Å². The summed E-state index contributed by atoms with van der Waals surface area (Å²) < 4.78 is 33.7. The summed E-state index contributed by atoms with van der Waals surface area (Å²) in [5, 5.41) is 0.363. The van der Waals surface area contributed by atoms with Crippen LogP contribution in [-0.2, 0) is 27.7 Å². The Morgan fingerprint density at radius 1 is 1.31 bits per heavy atom. The second kappa shape index (κ2) is 10.3. The van der Waals surface area contributed by atoms with Crippen LogP contribution in [0.2, 0.25) is 5.02 Å². The zero-order valence-corrected chi connectivity index (χ0v) is 22.5. The molecule has 1 unspecified atom stereocenters. The Balaban J connectivity index is 1.37. The van der Waals surface area contributed by atoms with E-state index in [0.717, 1.165) is 21.6 Å². The first kappa shape index (κ1) is 25.6. The molecule has 0 saturated heterocycles. The number of Topliss-reactive ketones (excluding diaryl/α,β-unsaturated/α-hetero) is 1. The molecule has 12 heteroatoms. The average Bonchev–Trinajstić information content (AvgIpc) is 3.41. The first-order valence-electron chi connectivity index (χ1n) is 10.5. The number of halogens is 2. The molecule has 0 fully saturated rings. The number of pyridine rings is 1. The quantitative estimate of drug-likeness (QED) is 0.368. The highest BCUT2D eigenvalue weighted by molar-refractivity contribution is 9.10. The van der Waals surface area contributed by atoms with E-state index < -0.39 is 22.0 Å². The van der Waals surface area contributed by atoms with E-state index in [1.54, 1.807) is 24.4 Å². The minimum absolute atomic E-state index is 0.0119. The van der Waals surface area contributed by atoms with Gasteiger partial charge >= 0.3 is 0 Å². The number of hydrogen-bond acceptors (Lipinski definition) is 8. The number of aryl methyl sites for hydroxylation is 1. The van der Waals surface area contributed by atoms with Crippen LogP contribution in [-0.4, -0.2) is 36.9 Å². The van der Waals surface area contributed by atoms with E-state index in [2.05, 4.69) is 25.6 Å². The first-order chi connectivity index (χ1) is 16.5. The number of nitrogens with one attached hydrogen (secondary N) is 1. The molecule has 1 aliphatic rings. The molecule has 1 atom stereocenters. The zero-order valence-electron chi connectivity index (χ0n) is 18.5. The Morgan fingerprint density at radius 2 is 2.09 bits per heavy atom. The van der Waals surface area contributed by atoms with Crippen molar-refractivity contribution in [3.63, 3.8) is 0 Å². The summed E-state index contributed by atoms with van der Waals surface area (Å²) in [6, 6.07) is 8.98. The monoisotopic (exact) mass is 597 g/mol. The second-order valence-corrected chi connectivity index (χ2v) is 12.2. The van der Waals surface area contributed by atoms with Gasteiger partial charge in [-0.2, -0.15) is 0 Å². The molecule has 0 spiro atoms. The van der Waals surface area contributed by atoms with Crippen LogP contribution in [0.15, 0.2) is 41.0 Å². The molecule has 1 aliphatic heterocycles. The van der Waals surface area contributed by atoms with E-state index in [9.17, 15) is 18.0 Å². The van der Waals surface area contributed by atoms with Gasteiger partial charge in [-0.25, -0.2) is 13.4 Å². The highest BCUT2D eigenvalue weighted by Crippen LogP contribution is 2.41. The van der Waals surface area contributed by atoms with Crippen molar-refractivity contribution in [1.82, 2.24) is 9.71 Å². The maximum atomic E-state index is 12.6. The van der Waals surface area contributed by atoms with Crippen molar-refractivity contribution in [2.45, 2.75) is 32.3 Å². The molecule has 2 aromatic heterocycles. The van der Waals surface area contributed by atoms with Crippen LogP contribution >= 0.6 is 38.9 Å². The van der Waals surface area contributed by atoms with Gasteiger partial charge in [0.2, 0.25) is 15.9 Å². The third-order valence-electron chi connectivity index (χ3n) is 5.33. The van der Waals surface area contributed by atoms with Gasteiger partial charge in [0, 0.05) is 29.5 Å². The molecule has 8 nitrogen and oxygen atoms in total. The van der Waals surface area contributed by atoms with Crippen LogP contribution < -0.4 is 15.2 Å². The minimum Gasteiger partial charge on any atom is -0.487 e. The number of aromatic nitrogens is 1. The van der Waals surface area contributed by atoms with E-state index in [-0.39, 0.29) is 18.0 Å². The molecule has 0 aliphatic carbocycles. The lowest BCUT2D eigenvalue weighted by molar-refractivity contribution is -0.119. The number of anilines is 1.